The van der Waals surface area contributed by atoms with Crippen molar-refractivity contribution in [3.8, 4) is 0 Å². The van der Waals surface area contributed by atoms with Gasteiger partial charge in [0.25, 0.3) is 5.91 Å². The highest BCUT2D eigenvalue weighted by Crippen LogP contribution is 2.11. The monoisotopic (exact) mass is 244 g/mol. The molecular formula is C10H16N2O5. The quantitative estimate of drug-likeness (QED) is 0.672. The van der Waals surface area contributed by atoms with Crippen molar-refractivity contribution in [2.45, 2.75) is 31.9 Å². The van der Waals surface area contributed by atoms with E-state index in [2.05, 4.69) is 10.5 Å². The Kier molecular flexibility index (Phi) is 4.89. The summed E-state index contributed by atoms with van der Waals surface area (Å²) in [6, 6.07) is -0.107. The number of rotatable bonds is 6. The van der Waals surface area contributed by atoms with Crippen LogP contribution in [-0.4, -0.2) is 48.6 Å². The van der Waals surface area contributed by atoms with Gasteiger partial charge in [-0.25, -0.2) is 4.79 Å². The molecule has 0 aliphatic carbocycles. The molecule has 0 aromatic rings. The average molecular weight is 244 g/mol. The summed E-state index contributed by atoms with van der Waals surface area (Å²) in [5.41, 5.74) is -0.134. The minimum atomic E-state index is -1.16. The number of hydrogen-bond acceptors (Lipinski definition) is 5. The first kappa shape index (κ1) is 13.4. The molecule has 7 nitrogen and oxygen atoms in total. The second-order valence-electron chi connectivity index (χ2n) is 3.71. The molecule has 2 unspecified atom stereocenters. The fourth-order valence-corrected chi connectivity index (χ4v) is 1.40. The molecule has 1 rings (SSSR count). The third-order valence-electron chi connectivity index (χ3n) is 2.42. The van der Waals surface area contributed by atoms with Crippen LogP contribution >= 0.6 is 0 Å². The second kappa shape index (κ2) is 6.19. The number of methoxy groups -OCH3 is 1. The normalized spacial score (nSPS) is 20.4. The maximum Gasteiger partial charge on any atom is 0.353 e. The lowest BCUT2D eigenvalue weighted by atomic mass is 10.1. The lowest BCUT2D eigenvalue weighted by Gasteiger charge is -2.17. The third-order valence-corrected chi connectivity index (χ3v) is 2.42. The highest BCUT2D eigenvalue weighted by Gasteiger charge is 2.32. The van der Waals surface area contributed by atoms with Gasteiger partial charge in [0, 0.05) is 13.5 Å². The van der Waals surface area contributed by atoms with Crippen LogP contribution in [0.2, 0.25) is 0 Å². The van der Waals surface area contributed by atoms with Crippen LogP contribution in [-0.2, 0) is 19.2 Å². The number of oxime groups is 1. The molecule has 0 spiro atoms. The first-order valence-corrected chi connectivity index (χ1v) is 5.33. The van der Waals surface area contributed by atoms with Crippen molar-refractivity contribution < 1.29 is 24.3 Å². The van der Waals surface area contributed by atoms with E-state index in [0.717, 1.165) is 6.42 Å². The molecule has 1 heterocycles. The summed E-state index contributed by atoms with van der Waals surface area (Å²) in [6.45, 7) is 2.32. The molecule has 96 valence electrons. The van der Waals surface area contributed by atoms with Gasteiger partial charge in [-0.3, -0.25) is 4.79 Å². The second-order valence-corrected chi connectivity index (χ2v) is 3.71. The first-order valence-electron chi connectivity index (χ1n) is 5.33. The fourth-order valence-electron chi connectivity index (χ4n) is 1.40. The van der Waals surface area contributed by atoms with E-state index in [1.54, 1.807) is 7.11 Å². The molecule has 0 aromatic heterocycles. The van der Waals surface area contributed by atoms with Gasteiger partial charge in [-0.05, 0) is 6.42 Å². The molecule has 2 N–H and O–H groups in total. The van der Waals surface area contributed by atoms with Gasteiger partial charge in [-0.1, -0.05) is 12.1 Å². The van der Waals surface area contributed by atoms with E-state index in [4.69, 9.17) is 14.7 Å². The molecule has 1 aliphatic rings. The van der Waals surface area contributed by atoms with E-state index in [1.165, 1.54) is 0 Å². The SMILES string of the molecule is CCC(COC)NC(=O)C1CC(C(=O)O)=NO1. The summed E-state index contributed by atoms with van der Waals surface area (Å²) >= 11 is 0. The molecule has 1 amide bonds. The third kappa shape index (κ3) is 3.70. The van der Waals surface area contributed by atoms with Crippen LogP contribution in [0, 0.1) is 0 Å². The number of carboxylic acids is 1. The van der Waals surface area contributed by atoms with Crippen molar-refractivity contribution in [1.82, 2.24) is 5.32 Å². The lowest BCUT2D eigenvalue weighted by Crippen LogP contribution is -2.43. The number of nitrogens with one attached hydrogen (secondary N) is 1. The number of aliphatic carboxylic acids is 1. The minimum Gasteiger partial charge on any atom is -0.477 e. The number of ether oxygens (including phenoxy) is 1. The van der Waals surface area contributed by atoms with Crippen molar-refractivity contribution in [2.24, 2.45) is 5.16 Å². The zero-order valence-corrected chi connectivity index (χ0v) is 9.80. The molecule has 1 aliphatic heterocycles. The standard InChI is InChI=1S/C10H16N2O5/c1-3-6(5-16-2)11-9(13)8-4-7(10(14)15)12-17-8/h6,8H,3-5H2,1-2H3,(H,11,13)(H,14,15). The van der Waals surface area contributed by atoms with E-state index in [1.807, 2.05) is 6.92 Å². The lowest BCUT2D eigenvalue weighted by molar-refractivity contribution is -0.132. The molecule has 7 heteroatoms. The van der Waals surface area contributed by atoms with Crippen molar-refractivity contribution >= 4 is 17.6 Å². The molecule has 2 atom stereocenters. The van der Waals surface area contributed by atoms with Gasteiger partial charge in [-0.2, -0.15) is 0 Å². The maximum atomic E-state index is 11.7. The predicted molar refractivity (Wildman–Crippen MR) is 58.7 cm³/mol. The number of nitrogens with zero attached hydrogens (tertiary/aromatic N) is 1. The van der Waals surface area contributed by atoms with Crippen molar-refractivity contribution in [2.75, 3.05) is 13.7 Å². The fraction of sp³-hybridized carbons (Fsp3) is 0.700. The van der Waals surface area contributed by atoms with Crippen LogP contribution in [0.15, 0.2) is 5.16 Å². The molecular weight excluding hydrogens is 228 g/mol. The van der Waals surface area contributed by atoms with Gasteiger partial charge in [0.1, 0.15) is 0 Å². The van der Waals surface area contributed by atoms with Crippen molar-refractivity contribution in [3.05, 3.63) is 0 Å². The average Bonchev–Trinajstić information content (AvgIpc) is 2.77. The van der Waals surface area contributed by atoms with Gasteiger partial charge in [-0.15, -0.1) is 0 Å². The van der Waals surface area contributed by atoms with Crippen LogP contribution in [0.1, 0.15) is 19.8 Å². The number of carbonyl (C=O) groups excluding carboxylic acids is 1. The molecule has 0 radical (unpaired) electrons. The van der Waals surface area contributed by atoms with E-state index in [-0.39, 0.29) is 24.1 Å². The van der Waals surface area contributed by atoms with Crippen LogP contribution in [0.4, 0.5) is 0 Å². The van der Waals surface area contributed by atoms with E-state index >= 15 is 0 Å². The molecule has 0 fully saturated rings. The van der Waals surface area contributed by atoms with Crippen molar-refractivity contribution in [3.63, 3.8) is 0 Å². The molecule has 0 aromatic carbocycles. The first-order chi connectivity index (χ1) is 8.08. The van der Waals surface area contributed by atoms with Gasteiger partial charge in [0.15, 0.2) is 5.71 Å². The largest absolute Gasteiger partial charge is 0.477 e. The topological polar surface area (TPSA) is 97.2 Å². The summed E-state index contributed by atoms with van der Waals surface area (Å²) in [5.74, 6) is -1.53. The Morgan fingerprint density at radius 3 is 2.88 bits per heavy atom. The van der Waals surface area contributed by atoms with E-state index < -0.39 is 12.1 Å². The Morgan fingerprint density at radius 1 is 1.71 bits per heavy atom. The Morgan fingerprint density at radius 2 is 2.41 bits per heavy atom. The molecule has 17 heavy (non-hydrogen) atoms. The Balaban J connectivity index is 2.43. The number of carbonyl (C=O) groups is 2. The van der Waals surface area contributed by atoms with Crippen LogP contribution < -0.4 is 5.32 Å². The zero-order valence-electron chi connectivity index (χ0n) is 9.80. The van der Waals surface area contributed by atoms with E-state index in [0.29, 0.717) is 6.61 Å². The highest BCUT2D eigenvalue weighted by atomic mass is 16.6. The number of amides is 1. The van der Waals surface area contributed by atoms with E-state index in [9.17, 15) is 9.59 Å². The Labute approximate surface area is 98.8 Å². The smallest absolute Gasteiger partial charge is 0.353 e. The van der Waals surface area contributed by atoms with Crippen molar-refractivity contribution in [1.29, 1.82) is 0 Å². The summed E-state index contributed by atoms with van der Waals surface area (Å²) in [5, 5.41) is 14.7. The van der Waals surface area contributed by atoms with Crippen LogP contribution in [0.3, 0.4) is 0 Å². The number of hydrogen-bond donors (Lipinski definition) is 2. The summed E-state index contributed by atoms with van der Waals surface area (Å²) in [7, 11) is 1.55. The summed E-state index contributed by atoms with van der Waals surface area (Å²) in [6.07, 6.45) is -0.143. The van der Waals surface area contributed by atoms with Gasteiger partial charge < -0.3 is 20.0 Å². The summed E-state index contributed by atoms with van der Waals surface area (Å²) < 4.78 is 4.94. The predicted octanol–water partition coefficient (Wildman–Crippen LogP) is -0.243. The van der Waals surface area contributed by atoms with Gasteiger partial charge in [0.05, 0.1) is 12.6 Å². The Hall–Kier alpha value is -1.63. The number of carboxylic acid groups (broad SMARTS) is 1. The zero-order chi connectivity index (χ0) is 12.8. The Bertz CT molecular complexity index is 329. The van der Waals surface area contributed by atoms with Gasteiger partial charge in [0.2, 0.25) is 6.10 Å². The minimum absolute atomic E-state index is 0.00934. The van der Waals surface area contributed by atoms with Crippen LogP contribution in [0.25, 0.3) is 0 Å². The molecule has 0 saturated heterocycles. The molecule has 0 saturated carbocycles. The maximum absolute atomic E-state index is 11.7. The highest BCUT2D eigenvalue weighted by molar-refractivity contribution is 6.36. The van der Waals surface area contributed by atoms with Crippen LogP contribution in [0.5, 0.6) is 0 Å². The molecule has 0 bridgehead atoms. The van der Waals surface area contributed by atoms with Gasteiger partial charge >= 0.3 is 5.97 Å². The summed E-state index contributed by atoms with van der Waals surface area (Å²) in [4.78, 5) is 27.1.